The van der Waals surface area contributed by atoms with Crippen LogP contribution in [0.15, 0.2) is 12.7 Å². The summed E-state index contributed by atoms with van der Waals surface area (Å²) in [6, 6.07) is 0. The van der Waals surface area contributed by atoms with Crippen molar-refractivity contribution >= 4 is 0 Å². The van der Waals surface area contributed by atoms with E-state index >= 15 is 0 Å². The molecule has 0 saturated heterocycles. The predicted molar refractivity (Wildman–Crippen MR) is 48.8 cm³/mol. The molecule has 0 radical (unpaired) electrons. The van der Waals surface area contributed by atoms with Gasteiger partial charge in [0.2, 0.25) is 0 Å². The molecule has 0 spiro atoms. The molecular weight excluding hydrogens is 138 g/mol. The molecule has 0 aromatic heterocycles. The van der Waals surface area contributed by atoms with Gasteiger partial charge in [-0.3, -0.25) is 0 Å². The maximum atomic E-state index is 4.93. The van der Waals surface area contributed by atoms with Crippen molar-refractivity contribution in [1.82, 2.24) is 5.32 Å². The zero-order valence-electron chi connectivity index (χ0n) is 7.44. The Labute approximate surface area is 69.6 Å². The number of ether oxygens (including phenoxy) is 1. The van der Waals surface area contributed by atoms with Gasteiger partial charge in [0.25, 0.3) is 0 Å². The zero-order valence-corrected chi connectivity index (χ0v) is 7.44. The SMILES string of the molecule is C=CCNCCCCCOC. The number of hydrogen-bond donors (Lipinski definition) is 1. The van der Waals surface area contributed by atoms with Gasteiger partial charge in [-0.05, 0) is 25.8 Å². The molecule has 0 fully saturated rings. The Hall–Kier alpha value is -0.340. The van der Waals surface area contributed by atoms with E-state index in [1.807, 2.05) is 6.08 Å². The van der Waals surface area contributed by atoms with Crippen LogP contribution < -0.4 is 5.32 Å². The molecule has 0 bridgehead atoms. The van der Waals surface area contributed by atoms with Gasteiger partial charge >= 0.3 is 0 Å². The Bertz CT molecular complexity index is 83.6. The van der Waals surface area contributed by atoms with E-state index in [2.05, 4.69) is 11.9 Å². The molecule has 2 nitrogen and oxygen atoms in total. The van der Waals surface area contributed by atoms with Gasteiger partial charge in [-0.15, -0.1) is 6.58 Å². The topological polar surface area (TPSA) is 21.3 Å². The van der Waals surface area contributed by atoms with Gasteiger partial charge in [0, 0.05) is 20.3 Å². The van der Waals surface area contributed by atoms with Crippen LogP contribution in [-0.4, -0.2) is 26.8 Å². The Morgan fingerprint density at radius 2 is 2.18 bits per heavy atom. The minimum atomic E-state index is 0.890. The molecule has 0 aromatic rings. The molecule has 0 aliphatic heterocycles. The molecule has 66 valence electrons. The smallest absolute Gasteiger partial charge is 0.0462 e. The van der Waals surface area contributed by atoms with Gasteiger partial charge in [0.15, 0.2) is 0 Å². The number of hydrogen-bond acceptors (Lipinski definition) is 2. The third-order valence-electron chi connectivity index (χ3n) is 1.49. The van der Waals surface area contributed by atoms with Crippen molar-refractivity contribution in [3.8, 4) is 0 Å². The maximum Gasteiger partial charge on any atom is 0.0462 e. The Kier molecular flexibility index (Phi) is 9.36. The zero-order chi connectivity index (χ0) is 8.36. The second-order valence-corrected chi connectivity index (χ2v) is 2.55. The van der Waals surface area contributed by atoms with Crippen LogP contribution in [-0.2, 0) is 4.74 Å². The first kappa shape index (κ1) is 10.7. The quantitative estimate of drug-likeness (QED) is 0.426. The standard InChI is InChI=1S/C9H19NO/c1-3-7-10-8-5-4-6-9-11-2/h3,10H,1,4-9H2,2H3. The summed E-state index contributed by atoms with van der Waals surface area (Å²) < 4.78 is 4.93. The van der Waals surface area contributed by atoms with Crippen LogP contribution in [0.25, 0.3) is 0 Å². The van der Waals surface area contributed by atoms with E-state index in [1.165, 1.54) is 19.3 Å². The van der Waals surface area contributed by atoms with Crippen molar-refractivity contribution in [3.05, 3.63) is 12.7 Å². The van der Waals surface area contributed by atoms with Crippen molar-refractivity contribution in [3.63, 3.8) is 0 Å². The highest BCUT2D eigenvalue weighted by Gasteiger charge is 1.87. The van der Waals surface area contributed by atoms with E-state index in [-0.39, 0.29) is 0 Å². The van der Waals surface area contributed by atoms with E-state index in [0.717, 1.165) is 19.7 Å². The molecule has 0 aliphatic rings. The third-order valence-corrected chi connectivity index (χ3v) is 1.49. The van der Waals surface area contributed by atoms with Gasteiger partial charge < -0.3 is 10.1 Å². The molecule has 0 amide bonds. The third kappa shape index (κ3) is 9.66. The Morgan fingerprint density at radius 1 is 1.36 bits per heavy atom. The lowest BCUT2D eigenvalue weighted by atomic mass is 10.2. The first-order valence-corrected chi connectivity index (χ1v) is 4.22. The molecule has 1 N–H and O–H groups in total. The van der Waals surface area contributed by atoms with Crippen LogP contribution in [0.1, 0.15) is 19.3 Å². The van der Waals surface area contributed by atoms with Crippen molar-refractivity contribution in [2.75, 3.05) is 26.8 Å². The summed E-state index contributed by atoms with van der Waals surface area (Å²) in [4.78, 5) is 0. The first-order chi connectivity index (χ1) is 5.41. The van der Waals surface area contributed by atoms with Crippen LogP contribution >= 0.6 is 0 Å². The first-order valence-electron chi connectivity index (χ1n) is 4.22. The summed E-state index contributed by atoms with van der Waals surface area (Å²) in [7, 11) is 1.75. The predicted octanol–water partition coefficient (Wildman–Crippen LogP) is 1.58. The highest BCUT2D eigenvalue weighted by molar-refractivity contribution is 4.69. The molecule has 0 saturated carbocycles. The normalized spacial score (nSPS) is 9.91. The number of methoxy groups -OCH3 is 1. The second-order valence-electron chi connectivity index (χ2n) is 2.55. The number of nitrogens with one attached hydrogen (secondary N) is 1. The van der Waals surface area contributed by atoms with Crippen LogP contribution in [0.5, 0.6) is 0 Å². The Balaban J connectivity index is 2.74. The van der Waals surface area contributed by atoms with Crippen molar-refractivity contribution < 1.29 is 4.74 Å². The molecule has 0 unspecified atom stereocenters. The van der Waals surface area contributed by atoms with Gasteiger partial charge in [0.05, 0.1) is 0 Å². The highest BCUT2D eigenvalue weighted by atomic mass is 16.5. The summed E-state index contributed by atoms with van der Waals surface area (Å²) in [6.07, 6.45) is 5.54. The van der Waals surface area contributed by atoms with Gasteiger partial charge in [0.1, 0.15) is 0 Å². The molecule has 2 heteroatoms. The molecule has 0 aliphatic carbocycles. The largest absolute Gasteiger partial charge is 0.385 e. The molecule has 0 atom stereocenters. The van der Waals surface area contributed by atoms with E-state index in [4.69, 9.17) is 4.74 Å². The van der Waals surface area contributed by atoms with Gasteiger partial charge in [-0.25, -0.2) is 0 Å². The van der Waals surface area contributed by atoms with Crippen molar-refractivity contribution in [2.24, 2.45) is 0 Å². The van der Waals surface area contributed by atoms with Crippen molar-refractivity contribution in [2.45, 2.75) is 19.3 Å². The lowest BCUT2D eigenvalue weighted by Gasteiger charge is -2.00. The van der Waals surface area contributed by atoms with E-state index in [9.17, 15) is 0 Å². The highest BCUT2D eigenvalue weighted by Crippen LogP contribution is 1.93. The van der Waals surface area contributed by atoms with E-state index in [1.54, 1.807) is 7.11 Å². The summed E-state index contributed by atoms with van der Waals surface area (Å²) in [5, 5.41) is 3.25. The minimum absolute atomic E-state index is 0.890. The average Bonchev–Trinajstić information content (AvgIpc) is 2.03. The molecule has 0 aromatic carbocycles. The van der Waals surface area contributed by atoms with E-state index in [0.29, 0.717) is 0 Å². The van der Waals surface area contributed by atoms with Crippen molar-refractivity contribution in [1.29, 1.82) is 0 Å². The number of rotatable bonds is 8. The minimum Gasteiger partial charge on any atom is -0.385 e. The molecule has 0 heterocycles. The fourth-order valence-electron chi connectivity index (χ4n) is 0.877. The number of unbranched alkanes of at least 4 members (excludes halogenated alkanes) is 2. The monoisotopic (exact) mass is 157 g/mol. The summed E-state index contributed by atoms with van der Waals surface area (Å²) >= 11 is 0. The molecule has 11 heavy (non-hydrogen) atoms. The van der Waals surface area contributed by atoms with Crippen LogP contribution in [0.3, 0.4) is 0 Å². The van der Waals surface area contributed by atoms with Gasteiger partial charge in [-0.2, -0.15) is 0 Å². The van der Waals surface area contributed by atoms with E-state index < -0.39 is 0 Å². The van der Waals surface area contributed by atoms with Crippen LogP contribution in [0.4, 0.5) is 0 Å². The lowest BCUT2D eigenvalue weighted by Crippen LogP contribution is -2.14. The summed E-state index contributed by atoms with van der Waals surface area (Å²) in [5.74, 6) is 0. The fraction of sp³-hybridized carbons (Fsp3) is 0.778. The Morgan fingerprint density at radius 3 is 2.82 bits per heavy atom. The lowest BCUT2D eigenvalue weighted by molar-refractivity contribution is 0.192. The molecular formula is C9H19NO. The maximum absolute atomic E-state index is 4.93. The van der Waals surface area contributed by atoms with Gasteiger partial charge in [-0.1, -0.05) is 6.08 Å². The van der Waals surface area contributed by atoms with Crippen LogP contribution in [0, 0.1) is 0 Å². The second kappa shape index (κ2) is 9.66. The summed E-state index contributed by atoms with van der Waals surface area (Å²) in [6.45, 7) is 6.53. The summed E-state index contributed by atoms with van der Waals surface area (Å²) in [5.41, 5.74) is 0. The average molecular weight is 157 g/mol. The fourth-order valence-corrected chi connectivity index (χ4v) is 0.877. The van der Waals surface area contributed by atoms with Crippen LogP contribution in [0.2, 0.25) is 0 Å². The molecule has 0 rings (SSSR count).